The number of pyridine rings is 1. The van der Waals surface area contributed by atoms with E-state index >= 15 is 0 Å². The molecule has 34 heavy (non-hydrogen) atoms. The van der Waals surface area contributed by atoms with E-state index < -0.39 is 0 Å². The van der Waals surface area contributed by atoms with E-state index in [1.54, 1.807) is 36.7 Å². The highest BCUT2D eigenvalue weighted by Gasteiger charge is 2.33. The molecule has 2 aromatic carbocycles. The molecule has 2 aliphatic rings. The van der Waals surface area contributed by atoms with Gasteiger partial charge in [-0.15, -0.1) is 0 Å². The number of rotatable bonds is 6. The standard InChI is InChI=1S/C26H26N4O4/c27-25(18-4-6-19(7-5-18)26(32)29-20-9-11-28-12-10-20)21-2-1-13-30(21)24(31)15-17-3-8-22-23(14-17)34-16-33-22/h3-12,14,21,25H,1-2,13,15-16,27H2,(H,28,29,32). The zero-order valence-electron chi connectivity index (χ0n) is 18.6. The van der Waals surface area contributed by atoms with E-state index in [1.807, 2.05) is 35.2 Å². The molecule has 174 valence electrons. The minimum Gasteiger partial charge on any atom is -0.454 e. The summed E-state index contributed by atoms with van der Waals surface area (Å²) in [6.07, 6.45) is 5.29. The predicted octanol–water partition coefficient (Wildman–Crippen LogP) is 3.30. The van der Waals surface area contributed by atoms with Crippen LogP contribution in [-0.2, 0) is 11.2 Å². The average molecular weight is 459 g/mol. The fourth-order valence-corrected chi connectivity index (χ4v) is 4.52. The Balaban J connectivity index is 1.24. The molecule has 0 saturated carbocycles. The van der Waals surface area contributed by atoms with Crippen molar-refractivity contribution in [1.82, 2.24) is 9.88 Å². The average Bonchev–Trinajstić information content (AvgIpc) is 3.54. The van der Waals surface area contributed by atoms with Gasteiger partial charge in [-0.2, -0.15) is 0 Å². The summed E-state index contributed by atoms with van der Waals surface area (Å²) in [6.45, 7) is 0.897. The molecule has 0 bridgehead atoms. The lowest BCUT2D eigenvalue weighted by Gasteiger charge is -2.30. The highest BCUT2D eigenvalue weighted by molar-refractivity contribution is 6.04. The number of hydrogen-bond acceptors (Lipinski definition) is 6. The molecule has 2 atom stereocenters. The van der Waals surface area contributed by atoms with E-state index in [0.29, 0.717) is 29.3 Å². The highest BCUT2D eigenvalue weighted by atomic mass is 16.7. The van der Waals surface area contributed by atoms with Gasteiger partial charge in [0.05, 0.1) is 18.5 Å². The molecule has 0 aliphatic carbocycles. The van der Waals surface area contributed by atoms with Gasteiger partial charge in [0.1, 0.15) is 0 Å². The largest absolute Gasteiger partial charge is 0.454 e. The molecule has 3 aromatic rings. The van der Waals surface area contributed by atoms with Crippen LogP contribution in [0.1, 0.15) is 40.4 Å². The number of anilines is 1. The maximum Gasteiger partial charge on any atom is 0.255 e. The molecule has 8 heteroatoms. The van der Waals surface area contributed by atoms with Crippen LogP contribution in [0.15, 0.2) is 67.0 Å². The zero-order valence-corrected chi connectivity index (χ0v) is 18.6. The number of aromatic nitrogens is 1. The van der Waals surface area contributed by atoms with Crippen molar-refractivity contribution >= 4 is 17.5 Å². The molecular weight excluding hydrogens is 432 g/mol. The Hall–Kier alpha value is -3.91. The van der Waals surface area contributed by atoms with Gasteiger partial charge in [0.2, 0.25) is 12.7 Å². The number of carbonyl (C=O) groups is 2. The minimum atomic E-state index is -0.333. The first-order valence-electron chi connectivity index (χ1n) is 11.3. The predicted molar refractivity (Wildman–Crippen MR) is 127 cm³/mol. The summed E-state index contributed by atoms with van der Waals surface area (Å²) in [5.74, 6) is 1.22. The van der Waals surface area contributed by atoms with Crippen molar-refractivity contribution in [2.45, 2.75) is 31.3 Å². The summed E-state index contributed by atoms with van der Waals surface area (Å²) in [4.78, 5) is 31.5. The second-order valence-electron chi connectivity index (χ2n) is 8.50. The van der Waals surface area contributed by atoms with E-state index in [1.165, 1.54) is 0 Å². The number of hydrogen-bond donors (Lipinski definition) is 2. The molecular formula is C26H26N4O4. The SMILES string of the molecule is NC(c1ccc(C(=O)Nc2ccncc2)cc1)C1CCCN1C(=O)Cc1ccc2c(c1)OCO2. The van der Waals surface area contributed by atoms with Gasteiger partial charge in [0, 0.05) is 30.2 Å². The van der Waals surface area contributed by atoms with Gasteiger partial charge < -0.3 is 25.4 Å². The number of carbonyl (C=O) groups excluding carboxylic acids is 2. The fourth-order valence-electron chi connectivity index (χ4n) is 4.52. The number of nitrogens with zero attached hydrogens (tertiary/aromatic N) is 2. The Kier molecular flexibility index (Phi) is 6.14. The maximum absolute atomic E-state index is 13.1. The maximum atomic E-state index is 13.1. The number of nitrogens with one attached hydrogen (secondary N) is 1. The van der Waals surface area contributed by atoms with Gasteiger partial charge in [-0.3, -0.25) is 14.6 Å². The number of amides is 2. The third-order valence-electron chi connectivity index (χ3n) is 6.32. The molecule has 1 saturated heterocycles. The van der Waals surface area contributed by atoms with Crippen LogP contribution in [-0.4, -0.2) is 41.1 Å². The summed E-state index contributed by atoms with van der Waals surface area (Å²) in [6, 6.07) is 15.9. The molecule has 0 spiro atoms. The number of fused-ring (bicyclic) bond motifs is 1. The second-order valence-corrected chi connectivity index (χ2v) is 8.50. The topological polar surface area (TPSA) is 107 Å². The first-order chi connectivity index (χ1) is 16.6. The smallest absolute Gasteiger partial charge is 0.255 e. The number of ether oxygens (including phenoxy) is 2. The Morgan fingerprint density at radius 1 is 1.06 bits per heavy atom. The van der Waals surface area contributed by atoms with Gasteiger partial charge in [-0.05, 0) is 60.4 Å². The Morgan fingerprint density at radius 3 is 2.62 bits per heavy atom. The van der Waals surface area contributed by atoms with Crippen molar-refractivity contribution in [1.29, 1.82) is 0 Å². The molecule has 5 rings (SSSR count). The van der Waals surface area contributed by atoms with Crippen LogP contribution in [0.3, 0.4) is 0 Å². The summed E-state index contributed by atoms with van der Waals surface area (Å²) in [5, 5.41) is 2.84. The highest BCUT2D eigenvalue weighted by Crippen LogP contribution is 2.33. The van der Waals surface area contributed by atoms with Gasteiger partial charge in [0.25, 0.3) is 5.91 Å². The molecule has 3 N–H and O–H groups in total. The molecule has 2 aliphatic heterocycles. The lowest BCUT2D eigenvalue weighted by atomic mass is 9.96. The summed E-state index contributed by atoms with van der Waals surface area (Å²) in [5.41, 5.74) is 9.61. The lowest BCUT2D eigenvalue weighted by molar-refractivity contribution is -0.131. The quantitative estimate of drug-likeness (QED) is 0.587. The van der Waals surface area contributed by atoms with Gasteiger partial charge in [0.15, 0.2) is 11.5 Å². The van der Waals surface area contributed by atoms with Crippen LogP contribution in [0.2, 0.25) is 0 Å². The zero-order chi connectivity index (χ0) is 23.5. The third-order valence-corrected chi connectivity index (χ3v) is 6.32. The number of nitrogens with two attached hydrogens (primary N) is 1. The van der Waals surface area contributed by atoms with Crippen LogP contribution >= 0.6 is 0 Å². The Bertz CT molecular complexity index is 1180. The van der Waals surface area contributed by atoms with Gasteiger partial charge in [-0.25, -0.2) is 0 Å². The van der Waals surface area contributed by atoms with Crippen molar-refractivity contribution < 1.29 is 19.1 Å². The van der Waals surface area contributed by atoms with Crippen LogP contribution in [0.25, 0.3) is 0 Å². The monoisotopic (exact) mass is 458 g/mol. The van der Waals surface area contributed by atoms with Crippen molar-refractivity contribution in [2.24, 2.45) is 5.73 Å². The molecule has 2 amide bonds. The molecule has 8 nitrogen and oxygen atoms in total. The van der Waals surface area contributed by atoms with Crippen LogP contribution in [0.5, 0.6) is 11.5 Å². The van der Waals surface area contributed by atoms with E-state index in [0.717, 1.165) is 24.0 Å². The van der Waals surface area contributed by atoms with Crippen LogP contribution in [0.4, 0.5) is 5.69 Å². The van der Waals surface area contributed by atoms with Crippen molar-refractivity contribution in [3.05, 3.63) is 83.7 Å². The summed E-state index contributed by atoms with van der Waals surface area (Å²) < 4.78 is 10.8. The third kappa shape index (κ3) is 4.58. The fraction of sp³-hybridized carbons (Fsp3) is 0.269. The molecule has 1 aromatic heterocycles. The molecule has 3 heterocycles. The van der Waals surface area contributed by atoms with E-state index in [2.05, 4.69) is 10.3 Å². The summed E-state index contributed by atoms with van der Waals surface area (Å²) in [7, 11) is 0. The molecule has 0 radical (unpaired) electrons. The Morgan fingerprint density at radius 2 is 1.82 bits per heavy atom. The van der Waals surface area contributed by atoms with E-state index in [9.17, 15) is 9.59 Å². The van der Waals surface area contributed by atoms with Gasteiger partial charge >= 0.3 is 0 Å². The summed E-state index contributed by atoms with van der Waals surface area (Å²) >= 11 is 0. The van der Waals surface area contributed by atoms with Crippen LogP contribution in [0, 0.1) is 0 Å². The first-order valence-corrected chi connectivity index (χ1v) is 11.3. The van der Waals surface area contributed by atoms with Crippen molar-refractivity contribution in [2.75, 3.05) is 18.7 Å². The van der Waals surface area contributed by atoms with Crippen LogP contribution < -0.4 is 20.5 Å². The van der Waals surface area contributed by atoms with E-state index in [4.69, 9.17) is 15.2 Å². The lowest BCUT2D eigenvalue weighted by Crippen LogP contribution is -2.42. The first kappa shape index (κ1) is 21.9. The van der Waals surface area contributed by atoms with Crippen molar-refractivity contribution in [3.8, 4) is 11.5 Å². The molecule has 2 unspecified atom stereocenters. The molecule has 1 fully saturated rings. The number of benzene rings is 2. The second kappa shape index (κ2) is 9.52. The normalized spacial score (nSPS) is 17.4. The van der Waals surface area contributed by atoms with Gasteiger partial charge in [-0.1, -0.05) is 18.2 Å². The minimum absolute atomic E-state index is 0.0464. The van der Waals surface area contributed by atoms with E-state index in [-0.39, 0.29) is 37.1 Å². The van der Waals surface area contributed by atoms with Crippen molar-refractivity contribution in [3.63, 3.8) is 0 Å². The number of likely N-dealkylation sites (tertiary alicyclic amines) is 1. The Labute approximate surface area is 197 Å².